The Bertz CT molecular complexity index is 143. The van der Waals surface area contributed by atoms with Crippen molar-refractivity contribution < 1.29 is 9.90 Å². The van der Waals surface area contributed by atoms with E-state index in [1.165, 1.54) is 0 Å². The van der Waals surface area contributed by atoms with Crippen molar-refractivity contribution in [1.29, 1.82) is 0 Å². The van der Waals surface area contributed by atoms with E-state index in [1.807, 2.05) is 13.8 Å². The lowest BCUT2D eigenvalue weighted by Crippen LogP contribution is -2.16. The molecule has 0 bridgehead atoms. The largest absolute Gasteiger partial charge is 0.396 e. The van der Waals surface area contributed by atoms with Gasteiger partial charge in [-0.2, -0.15) is 0 Å². The summed E-state index contributed by atoms with van der Waals surface area (Å²) in [6, 6.07) is 0. The number of aliphatic hydroxyl groups is 1. The van der Waals surface area contributed by atoms with Gasteiger partial charge in [-0.05, 0) is 18.3 Å². The highest BCUT2D eigenvalue weighted by molar-refractivity contribution is 5.73. The van der Waals surface area contributed by atoms with Gasteiger partial charge in [0.15, 0.2) is 0 Å². The average Bonchev–Trinajstić information content (AvgIpc) is 1.98. The van der Waals surface area contributed by atoms with Crippen LogP contribution in [0.25, 0.3) is 0 Å². The average molecular weight is 173 g/mol. The van der Waals surface area contributed by atoms with Crippen molar-refractivity contribution in [2.45, 2.75) is 39.5 Å². The lowest BCUT2D eigenvalue weighted by atomic mass is 9.88. The first-order valence-electron chi connectivity index (χ1n) is 4.37. The van der Waals surface area contributed by atoms with Gasteiger partial charge in [0.05, 0.1) is 0 Å². The smallest absolute Gasteiger partial charge is 0.217 e. The molecule has 1 amide bonds. The van der Waals surface area contributed by atoms with Crippen molar-refractivity contribution in [3.8, 4) is 0 Å². The molecule has 3 nitrogen and oxygen atoms in total. The molecule has 0 saturated heterocycles. The minimum atomic E-state index is -0.239. The van der Waals surface area contributed by atoms with Crippen LogP contribution >= 0.6 is 0 Å². The van der Waals surface area contributed by atoms with Crippen molar-refractivity contribution in [3.63, 3.8) is 0 Å². The van der Waals surface area contributed by atoms with E-state index in [-0.39, 0.29) is 17.9 Å². The lowest BCUT2D eigenvalue weighted by Gasteiger charge is -2.20. The quantitative estimate of drug-likeness (QED) is 0.590. The predicted molar refractivity (Wildman–Crippen MR) is 48.5 cm³/mol. The third-order valence-electron chi connectivity index (χ3n) is 1.95. The molecule has 0 saturated carbocycles. The third-order valence-corrected chi connectivity index (χ3v) is 1.95. The molecule has 12 heavy (non-hydrogen) atoms. The van der Waals surface area contributed by atoms with Gasteiger partial charge in [-0.25, -0.2) is 0 Å². The second kappa shape index (κ2) is 5.14. The van der Waals surface area contributed by atoms with Crippen molar-refractivity contribution in [2.24, 2.45) is 11.1 Å². The molecule has 0 unspecified atom stereocenters. The molecular weight excluding hydrogens is 154 g/mol. The Labute approximate surface area is 74.0 Å². The van der Waals surface area contributed by atoms with E-state index in [9.17, 15) is 4.79 Å². The molecule has 0 heterocycles. The van der Waals surface area contributed by atoms with Crippen LogP contribution in [0.3, 0.4) is 0 Å². The van der Waals surface area contributed by atoms with Gasteiger partial charge in [0.2, 0.25) is 5.91 Å². The van der Waals surface area contributed by atoms with Crippen LogP contribution in [0.1, 0.15) is 39.5 Å². The van der Waals surface area contributed by atoms with Gasteiger partial charge in [0.1, 0.15) is 0 Å². The molecule has 0 aliphatic carbocycles. The summed E-state index contributed by atoms with van der Waals surface area (Å²) in [6.07, 6.45) is 3.19. The van der Waals surface area contributed by atoms with Gasteiger partial charge < -0.3 is 10.8 Å². The SMILES string of the molecule is CC(C)(CO)CCCCC(N)=O. The second-order valence-corrected chi connectivity index (χ2v) is 4.00. The molecule has 0 aliphatic rings. The number of rotatable bonds is 6. The number of aliphatic hydroxyl groups excluding tert-OH is 1. The molecule has 0 rings (SSSR count). The topological polar surface area (TPSA) is 63.3 Å². The summed E-state index contributed by atoms with van der Waals surface area (Å²) in [5, 5.41) is 8.91. The first kappa shape index (κ1) is 11.4. The van der Waals surface area contributed by atoms with E-state index in [1.54, 1.807) is 0 Å². The van der Waals surface area contributed by atoms with Crippen molar-refractivity contribution in [1.82, 2.24) is 0 Å². The summed E-state index contributed by atoms with van der Waals surface area (Å²) in [4.78, 5) is 10.4. The highest BCUT2D eigenvalue weighted by atomic mass is 16.3. The van der Waals surface area contributed by atoms with Gasteiger partial charge in [-0.15, -0.1) is 0 Å². The van der Waals surface area contributed by atoms with Crippen molar-refractivity contribution in [3.05, 3.63) is 0 Å². The number of carbonyl (C=O) groups is 1. The Kier molecular flexibility index (Phi) is 4.90. The number of hydrogen-bond acceptors (Lipinski definition) is 2. The monoisotopic (exact) mass is 173 g/mol. The predicted octanol–water partition coefficient (Wildman–Crippen LogP) is 1.05. The molecule has 0 aromatic carbocycles. The molecule has 3 heteroatoms. The lowest BCUT2D eigenvalue weighted by molar-refractivity contribution is -0.118. The summed E-state index contributed by atoms with van der Waals surface area (Å²) in [5.74, 6) is -0.239. The number of nitrogens with two attached hydrogens (primary N) is 1. The molecule has 0 atom stereocenters. The minimum absolute atomic E-state index is 0.0162. The molecule has 0 fully saturated rings. The van der Waals surface area contributed by atoms with Crippen LogP contribution in [0.2, 0.25) is 0 Å². The van der Waals surface area contributed by atoms with E-state index in [4.69, 9.17) is 10.8 Å². The van der Waals surface area contributed by atoms with Crippen molar-refractivity contribution in [2.75, 3.05) is 6.61 Å². The Morgan fingerprint density at radius 3 is 2.42 bits per heavy atom. The summed E-state index contributed by atoms with van der Waals surface area (Å²) in [5.41, 5.74) is 4.97. The van der Waals surface area contributed by atoms with E-state index in [2.05, 4.69) is 0 Å². The van der Waals surface area contributed by atoms with Gasteiger partial charge in [-0.3, -0.25) is 4.79 Å². The standard InChI is InChI=1S/C9H19NO2/c1-9(2,7-11)6-4-3-5-8(10)12/h11H,3-7H2,1-2H3,(H2,10,12). The zero-order valence-corrected chi connectivity index (χ0v) is 7.97. The van der Waals surface area contributed by atoms with Gasteiger partial charge in [0, 0.05) is 13.0 Å². The fourth-order valence-corrected chi connectivity index (χ4v) is 0.982. The summed E-state index contributed by atoms with van der Waals surface area (Å²) >= 11 is 0. The fourth-order valence-electron chi connectivity index (χ4n) is 0.982. The molecule has 0 radical (unpaired) electrons. The highest BCUT2D eigenvalue weighted by Crippen LogP contribution is 2.22. The Morgan fingerprint density at radius 2 is 2.00 bits per heavy atom. The molecular formula is C9H19NO2. The van der Waals surface area contributed by atoms with Crippen LogP contribution in [-0.4, -0.2) is 17.6 Å². The molecule has 0 spiro atoms. The van der Waals surface area contributed by atoms with Gasteiger partial charge in [0.25, 0.3) is 0 Å². The van der Waals surface area contributed by atoms with Crippen LogP contribution in [0.15, 0.2) is 0 Å². The van der Waals surface area contributed by atoms with Crippen LogP contribution < -0.4 is 5.73 Å². The van der Waals surface area contributed by atoms with E-state index >= 15 is 0 Å². The van der Waals surface area contributed by atoms with E-state index in [0.29, 0.717) is 6.42 Å². The van der Waals surface area contributed by atoms with Gasteiger partial charge >= 0.3 is 0 Å². The first-order chi connectivity index (χ1) is 5.48. The molecule has 0 aliphatic heterocycles. The molecule has 0 aromatic heterocycles. The van der Waals surface area contributed by atoms with Crippen LogP contribution in [-0.2, 0) is 4.79 Å². The minimum Gasteiger partial charge on any atom is -0.396 e. The number of hydrogen-bond donors (Lipinski definition) is 2. The maximum Gasteiger partial charge on any atom is 0.217 e. The number of unbranched alkanes of at least 4 members (excludes halogenated alkanes) is 1. The summed E-state index contributed by atoms with van der Waals surface area (Å²) in [7, 11) is 0. The number of amides is 1. The van der Waals surface area contributed by atoms with E-state index < -0.39 is 0 Å². The maximum atomic E-state index is 10.4. The third kappa shape index (κ3) is 6.16. The fraction of sp³-hybridized carbons (Fsp3) is 0.889. The second-order valence-electron chi connectivity index (χ2n) is 4.00. The highest BCUT2D eigenvalue weighted by Gasteiger charge is 2.15. The van der Waals surface area contributed by atoms with E-state index in [0.717, 1.165) is 19.3 Å². The van der Waals surface area contributed by atoms with Crippen LogP contribution in [0.4, 0.5) is 0 Å². The van der Waals surface area contributed by atoms with Gasteiger partial charge in [-0.1, -0.05) is 20.3 Å². The summed E-state index contributed by atoms with van der Waals surface area (Å²) < 4.78 is 0. The Morgan fingerprint density at radius 1 is 1.42 bits per heavy atom. The summed E-state index contributed by atoms with van der Waals surface area (Å²) in [6.45, 7) is 4.22. The normalized spacial score (nSPS) is 11.6. The van der Waals surface area contributed by atoms with Crippen LogP contribution in [0, 0.1) is 5.41 Å². The first-order valence-corrected chi connectivity index (χ1v) is 4.37. The number of carbonyl (C=O) groups excluding carboxylic acids is 1. The Balaban J connectivity index is 3.37. The zero-order chi connectivity index (χ0) is 9.61. The molecule has 3 N–H and O–H groups in total. The zero-order valence-electron chi connectivity index (χ0n) is 7.97. The molecule has 72 valence electrons. The van der Waals surface area contributed by atoms with Crippen LogP contribution in [0.5, 0.6) is 0 Å². The maximum absolute atomic E-state index is 10.4. The molecule has 0 aromatic rings. The number of primary amides is 1. The van der Waals surface area contributed by atoms with Crippen molar-refractivity contribution >= 4 is 5.91 Å². The Hall–Kier alpha value is -0.570.